The van der Waals surface area contributed by atoms with E-state index in [0.29, 0.717) is 48.5 Å². The summed E-state index contributed by atoms with van der Waals surface area (Å²) < 4.78 is 55.1. The number of hydrogen-bond donors (Lipinski definition) is 1. The lowest BCUT2D eigenvalue weighted by Gasteiger charge is -2.29. The maximum Gasteiger partial charge on any atom is 0.243 e. The Morgan fingerprint density at radius 1 is 0.829 bits per heavy atom. The second kappa shape index (κ2) is 12.7. The summed E-state index contributed by atoms with van der Waals surface area (Å²) >= 11 is 1.35. The number of anilines is 1. The molecular weight excluding hydrogens is 581 g/mol. The van der Waals surface area contributed by atoms with Crippen molar-refractivity contribution in [3.63, 3.8) is 0 Å². The SMILES string of the molecule is CC1CCN(S(=O)(=O)c2ccc(C(=O)CNc3nc(-c4ccc(S(=O)(=O)N5CCCCCC5)cc4)cs3)cc2)CC1. The van der Waals surface area contributed by atoms with E-state index in [9.17, 15) is 21.6 Å². The Hall–Kier alpha value is -2.64. The molecule has 5 rings (SSSR count). The lowest BCUT2D eigenvalue weighted by Crippen LogP contribution is -2.37. The first-order chi connectivity index (χ1) is 19.6. The van der Waals surface area contributed by atoms with Gasteiger partial charge in [0.2, 0.25) is 20.0 Å². The number of carbonyl (C=O) groups excluding carboxylic acids is 1. The molecule has 1 N–H and O–H groups in total. The first-order valence-corrected chi connectivity index (χ1v) is 17.8. The number of carbonyl (C=O) groups is 1. The molecule has 9 nitrogen and oxygen atoms in total. The van der Waals surface area contributed by atoms with Gasteiger partial charge in [-0.1, -0.05) is 31.9 Å². The van der Waals surface area contributed by atoms with Crippen LogP contribution >= 0.6 is 11.3 Å². The first-order valence-electron chi connectivity index (χ1n) is 14.1. The van der Waals surface area contributed by atoms with Gasteiger partial charge < -0.3 is 5.32 Å². The number of benzene rings is 2. The summed E-state index contributed by atoms with van der Waals surface area (Å²) in [4.78, 5) is 17.8. The zero-order chi connectivity index (χ0) is 29.0. The van der Waals surface area contributed by atoms with Crippen LogP contribution in [0.1, 0.15) is 55.8 Å². The molecule has 0 radical (unpaired) electrons. The Balaban J connectivity index is 1.18. The van der Waals surface area contributed by atoms with Crippen molar-refractivity contribution in [3.8, 4) is 11.3 Å². The molecule has 0 amide bonds. The molecule has 12 heteroatoms. The van der Waals surface area contributed by atoms with E-state index in [0.717, 1.165) is 44.1 Å². The van der Waals surface area contributed by atoms with Crippen molar-refractivity contribution in [1.82, 2.24) is 13.6 Å². The van der Waals surface area contributed by atoms with E-state index in [1.807, 2.05) is 5.38 Å². The molecule has 41 heavy (non-hydrogen) atoms. The Kier molecular flexibility index (Phi) is 9.24. The Morgan fingerprint density at radius 2 is 1.37 bits per heavy atom. The fourth-order valence-corrected chi connectivity index (χ4v) is 8.87. The van der Waals surface area contributed by atoms with Gasteiger partial charge in [-0.25, -0.2) is 21.8 Å². The third-order valence-electron chi connectivity index (χ3n) is 7.81. The van der Waals surface area contributed by atoms with Gasteiger partial charge in [0.15, 0.2) is 10.9 Å². The van der Waals surface area contributed by atoms with Crippen molar-refractivity contribution in [2.45, 2.75) is 55.2 Å². The van der Waals surface area contributed by atoms with Gasteiger partial charge in [-0.05, 0) is 68.0 Å². The maximum absolute atomic E-state index is 13.0. The molecule has 2 saturated heterocycles. The number of Topliss-reactive ketones (excluding diaryl/α,β-unsaturated/α-hetero) is 1. The number of rotatable bonds is 9. The number of nitrogens with one attached hydrogen (secondary N) is 1. The molecule has 2 aliphatic heterocycles. The second-order valence-corrected chi connectivity index (χ2v) is 15.5. The van der Waals surface area contributed by atoms with Gasteiger partial charge in [0.1, 0.15) is 0 Å². The van der Waals surface area contributed by atoms with Crippen molar-refractivity contribution in [2.75, 3.05) is 38.0 Å². The topological polar surface area (TPSA) is 117 Å². The van der Waals surface area contributed by atoms with Crippen LogP contribution in [0.3, 0.4) is 0 Å². The van der Waals surface area contributed by atoms with Crippen LogP contribution in [-0.4, -0.2) is 68.9 Å². The fraction of sp³-hybridized carbons (Fsp3) is 0.448. The lowest BCUT2D eigenvalue weighted by molar-refractivity contribution is 0.101. The molecule has 0 saturated carbocycles. The van der Waals surface area contributed by atoms with Crippen molar-refractivity contribution >= 4 is 42.3 Å². The molecule has 2 fully saturated rings. The number of aromatic nitrogens is 1. The first kappa shape index (κ1) is 29.8. The molecule has 0 atom stereocenters. The largest absolute Gasteiger partial charge is 0.354 e. The fourth-order valence-electron chi connectivity index (χ4n) is 5.16. The van der Waals surface area contributed by atoms with Gasteiger partial charge in [-0.2, -0.15) is 8.61 Å². The van der Waals surface area contributed by atoms with E-state index in [-0.39, 0.29) is 22.1 Å². The average molecular weight is 617 g/mol. The Bertz CT molecular complexity index is 1550. The Labute approximate surface area is 246 Å². The molecule has 0 spiro atoms. The number of ketones is 1. The molecular formula is C29H36N4O5S3. The highest BCUT2D eigenvalue weighted by Crippen LogP contribution is 2.28. The maximum atomic E-state index is 13.0. The van der Waals surface area contributed by atoms with Crippen LogP contribution in [0.15, 0.2) is 63.7 Å². The molecule has 220 valence electrons. The Morgan fingerprint density at radius 3 is 1.95 bits per heavy atom. The van der Waals surface area contributed by atoms with E-state index in [2.05, 4.69) is 17.2 Å². The van der Waals surface area contributed by atoms with E-state index < -0.39 is 20.0 Å². The predicted molar refractivity (Wildman–Crippen MR) is 161 cm³/mol. The monoisotopic (exact) mass is 616 g/mol. The van der Waals surface area contributed by atoms with Gasteiger partial charge in [0.25, 0.3) is 0 Å². The van der Waals surface area contributed by atoms with Crippen LogP contribution in [0.25, 0.3) is 11.3 Å². The van der Waals surface area contributed by atoms with Crippen molar-refractivity contribution in [1.29, 1.82) is 0 Å². The summed E-state index contributed by atoms with van der Waals surface area (Å²) in [6.45, 7) is 4.30. The summed E-state index contributed by atoms with van der Waals surface area (Å²) in [7, 11) is -7.08. The number of piperidine rings is 1. The van der Waals surface area contributed by atoms with Crippen molar-refractivity contribution in [2.24, 2.45) is 5.92 Å². The van der Waals surface area contributed by atoms with Crippen molar-refractivity contribution < 1.29 is 21.6 Å². The summed E-state index contributed by atoms with van der Waals surface area (Å²) in [6, 6.07) is 12.9. The van der Waals surface area contributed by atoms with Gasteiger partial charge in [0.05, 0.1) is 22.0 Å². The smallest absolute Gasteiger partial charge is 0.243 e. The number of sulfonamides is 2. The van der Waals surface area contributed by atoms with E-state index in [4.69, 9.17) is 0 Å². The predicted octanol–water partition coefficient (Wildman–Crippen LogP) is 5.09. The van der Waals surface area contributed by atoms with Crippen LogP contribution < -0.4 is 5.32 Å². The van der Waals surface area contributed by atoms with E-state index >= 15 is 0 Å². The standard InChI is InChI=1S/C29H36N4O5S3/c1-22-14-18-33(19-15-22)41(37,38)26-12-8-24(9-13-26)28(34)20-30-29-31-27(21-39-29)23-6-10-25(11-7-23)40(35,36)32-16-4-2-3-5-17-32/h6-13,21-22H,2-5,14-20H2,1H3,(H,30,31). The summed E-state index contributed by atoms with van der Waals surface area (Å²) in [6.07, 6.45) is 5.61. The molecule has 2 aromatic carbocycles. The average Bonchev–Trinajstić information content (AvgIpc) is 3.28. The minimum atomic E-state index is -3.56. The van der Waals surface area contributed by atoms with Crippen LogP contribution in [0, 0.1) is 5.92 Å². The van der Waals surface area contributed by atoms with Crippen molar-refractivity contribution in [3.05, 3.63) is 59.5 Å². The molecule has 0 unspecified atom stereocenters. The number of nitrogens with zero attached hydrogens (tertiary/aromatic N) is 3. The quantitative estimate of drug-likeness (QED) is 0.333. The van der Waals surface area contributed by atoms with Crippen LogP contribution in [0.5, 0.6) is 0 Å². The minimum absolute atomic E-state index is 0.01000. The zero-order valence-corrected chi connectivity index (χ0v) is 25.6. The highest BCUT2D eigenvalue weighted by atomic mass is 32.2. The van der Waals surface area contributed by atoms with E-state index in [1.54, 1.807) is 40.7 Å². The molecule has 0 bridgehead atoms. The molecule has 3 heterocycles. The van der Waals surface area contributed by atoms with Crippen LogP contribution in [-0.2, 0) is 20.0 Å². The molecule has 0 aliphatic carbocycles. The normalized spacial score (nSPS) is 18.2. The molecule has 2 aliphatic rings. The third-order valence-corrected chi connectivity index (χ3v) is 12.4. The molecule has 1 aromatic heterocycles. The third kappa shape index (κ3) is 6.89. The number of thiazole rings is 1. The highest BCUT2D eigenvalue weighted by molar-refractivity contribution is 7.89. The lowest BCUT2D eigenvalue weighted by atomic mass is 10.0. The van der Waals surface area contributed by atoms with Gasteiger partial charge >= 0.3 is 0 Å². The number of hydrogen-bond acceptors (Lipinski definition) is 8. The highest BCUT2D eigenvalue weighted by Gasteiger charge is 2.28. The summed E-state index contributed by atoms with van der Waals surface area (Å²) in [5.41, 5.74) is 1.89. The van der Waals surface area contributed by atoms with Crippen LogP contribution in [0.4, 0.5) is 5.13 Å². The van der Waals surface area contributed by atoms with Gasteiger partial charge in [-0.15, -0.1) is 11.3 Å². The van der Waals surface area contributed by atoms with Gasteiger partial charge in [-0.3, -0.25) is 4.79 Å². The molecule has 3 aromatic rings. The zero-order valence-electron chi connectivity index (χ0n) is 23.2. The summed E-state index contributed by atoms with van der Waals surface area (Å²) in [5, 5.41) is 5.46. The minimum Gasteiger partial charge on any atom is -0.354 e. The summed E-state index contributed by atoms with van der Waals surface area (Å²) in [5.74, 6) is 0.349. The van der Waals surface area contributed by atoms with E-state index in [1.165, 1.54) is 27.8 Å². The van der Waals surface area contributed by atoms with Gasteiger partial charge in [0, 0.05) is 42.7 Å². The second-order valence-electron chi connectivity index (χ2n) is 10.8. The van der Waals surface area contributed by atoms with Crippen LogP contribution in [0.2, 0.25) is 0 Å².